The zero-order chi connectivity index (χ0) is 12.3. The van der Waals surface area contributed by atoms with Crippen molar-refractivity contribution in [1.82, 2.24) is 10.2 Å². The molecule has 1 N–H and O–H groups in total. The maximum Gasteiger partial charge on any atom is 0.0196 e. The molecule has 2 fully saturated rings. The minimum absolute atomic E-state index is 0.689. The number of nitrogens with zero attached hydrogens (tertiary/aromatic N) is 1. The minimum atomic E-state index is 0.689. The largest absolute Gasteiger partial charge is 0.312 e. The van der Waals surface area contributed by atoms with Gasteiger partial charge in [0.25, 0.3) is 0 Å². The molecular formula is C14H28N2S. The van der Waals surface area contributed by atoms with Crippen molar-refractivity contribution in [3.05, 3.63) is 0 Å². The van der Waals surface area contributed by atoms with E-state index in [4.69, 9.17) is 0 Å². The molecule has 0 amide bonds. The van der Waals surface area contributed by atoms with Crippen LogP contribution in [0.4, 0.5) is 0 Å². The van der Waals surface area contributed by atoms with Crippen LogP contribution in [0.5, 0.6) is 0 Å². The molecular weight excluding hydrogens is 228 g/mol. The van der Waals surface area contributed by atoms with Gasteiger partial charge in [-0.05, 0) is 26.7 Å². The summed E-state index contributed by atoms with van der Waals surface area (Å²) < 4.78 is 0. The van der Waals surface area contributed by atoms with Crippen molar-refractivity contribution in [3.63, 3.8) is 0 Å². The van der Waals surface area contributed by atoms with E-state index in [0.717, 1.165) is 17.3 Å². The van der Waals surface area contributed by atoms with Crippen LogP contribution in [0.2, 0.25) is 0 Å². The summed E-state index contributed by atoms with van der Waals surface area (Å²) in [7, 11) is 0. The fourth-order valence-electron chi connectivity index (χ4n) is 3.16. The first-order valence-corrected chi connectivity index (χ1v) is 8.34. The highest BCUT2D eigenvalue weighted by molar-refractivity contribution is 8.00. The molecule has 3 unspecified atom stereocenters. The second-order valence-corrected chi connectivity index (χ2v) is 7.28. The van der Waals surface area contributed by atoms with Gasteiger partial charge in [-0.15, -0.1) is 0 Å². The highest BCUT2D eigenvalue weighted by Crippen LogP contribution is 2.26. The zero-order valence-corrected chi connectivity index (χ0v) is 12.4. The highest BCUT2D eigenvalue weighted by atomic mass is 32.2. The highest BCUT2D eigenvalue weighted by Gasteiger charge is 2.28. The molecule has 1 aliphatic carbocycles. The Morgan fingerprint density at radius 2 is 2.00 bits per heavy atom. The van der Waals surface area contributed by atoms with Crippen molar-refractivity contribution in [2.75, 3.05) is 18.8 Å². The van der Waals surface area contributed by atoms with E-state index in [1.807, 2.05) is 0 Å². The number of rotatable bonds is 4. The van der Waals surface area contributed by atoms with Crippen LogP contribution >= 0.6 is 11.8 Å². The lowest BCUT2D eigenvalue weighted by molar-refractivity contribution is 0.152. The van der Waals surface area contributed by atoms with E-state index in [1.54, 1.807) is 0 Å². The van der Waals surface area contributed by atoms with E-state index in [1.165, 1.54) is 44.5 Å². The predicted octanol–water partition coefficient (Wildman–Crippen LogP) is 2.73. The molecule has 3 heteroatoms. The van der Waals surface area contributed by atoms with Crippen molar-refractivity contribution in [2.24, 2.45) is 0 Å². The van der Waals surface area contributed by atoms with E-state index in [9.17, 15) is 0 Å². The molecule has 0 radical (unpaired) electrons. The average Bonchev–Trinajstić information content (AvgIpc) is 2.82. The van der Waals surface area contributed by atoms with Crippen LogP contribution < -0.4 is 5.32 Å². The molecule has 2 rings (SSSR count). The molecule has 1 saturated carbocycles. The van der Waals surface area contributed by atoms with Crippen LogP contribution in [-0.4, -0.2) is 47.1 Å². The second kappa shape index (κ2) is 6.44. The van der Waals surface area contributed by atoms with Crippen molar-refractivity contribution >= 4 is 11.8 Å². The molecule has 1 saturated heterocycles. The van der Waals surface area contributed by atoms with E-state index < -0.39 is 0 Å². The maximum absolute atomic E-state index is 3.77. The quantitative estimate of drug-likeness (QED) is 0.832. The molecule has 2 aliphatic rings. The van der Waals surface area contributed by atoms with Crippen LogP contribution in [0.25, 0.3) is 0 Å². The lowest BCUT2D eigenvalue weighted by Crippen LogP contribution is -2.52. The molecule has 0 bridgehead atoms. The van der Waals surface area contributed by atoms with Gasteiger partial charge in [0.05, 0.1) is 0 Å². The Kier molecular flexibility index (Phi) is 5.19. The van der Waals surface area contributed by atoms with Gasteiger partial charge in [0, 0.05) is 42.2 Å². The van der Waals surface area contributed by atoms with Crippen LogP contribution in [0, 0.1) is 0 Å². The monoisotopic (exact) mass is 256 g/mol. The third-order valence-electron chi connectivity index (χ3n) is 4.56. The summed E-state index contributed by atoms with van der Waals surface area (Å²) >= 11 is 2.13. The Hall–Kier alpha value is 0.270. The van der Waals surface area contributed by atoms with Crippen LogP contribution in [0.1, 0.15) is 46.5 Å². The van der Waals surface area contributed by atoms with Gasteiger partial charge in [0.2, 0.25) is 0 Å². The maximum atomic E-state index is 3.77. The predicted molar refractivity (Wildman–Crippen MR) is 77.8 cm³/mol. The zero-order valence-electron chi connectivity index (χ0n) is 11.6. The average molecular weight is 256 g/mol. The normalized spacial score (nSPS) is 34.1. The Balaban J connectivity index is 1.75. The van der Waals surface area contributed by atoms with Crippen molar-refractivity contribution in [1.29, 1.82) is 0 Å². The Morgan fingerprint density at radius 1 is 1.29 bits per heavy atom. The summed E-state index contributed by atoms with van der Waals surface area (Å²) in [5.74, 6) is 1.30. The van der Waals surface area contributed by atoms with Gasteiger partial charge in [0.1, 0.15) is 0 Å². The molecule has 100 valence electrons. The summed E-state index contributed by atoms with van der Waals surface area (Å²) in [4.78, 5) is 2.70. The molecule has 1 heterocycles. The summed E-state index contributed by atoms with van der Waals surface area (Å²) in [6.07, 6.45) is 5.66. The van der Waals surface area contributed by atoms with Crippen molar-refractivity contribution in [2.45, 2.75) is 69.8 Å². The summed E-state index contributed by atoms with van der Waals surface area (Å²) in [6.45, 7) is 9.60. The first-order chi connectivity index (χ1) is 8.18. The lowest BCUT2D eigenvalue weighted by atomic mass is 10.1. The Labute approximate surface area is 111 Å². The number of hydrogen-bond acceptors (Lipinski definition) is 3. The number of thioether (sulfide) groups is 1. The second-order valence-electron chi connectivity index (χ2n) is 5.79. The van der Waals surface area contributed by atoms with Gasteiger partial charge in [-0.3, -0.25) is 4.90 Å². The molecule has 3 atom stereocenters. The molecule has 17 heavy (non-hydrogen) atoms. The molecule has 2 nitrogen and oxygen atoms in total. The number of nitrogens with one attached hydrogen (secondary N) is 1. The van der Waals surface area contributed by atoms with Crippen LogP contribution in [0.3, 0.4) is 0 Å². The third-order valence-corrected chi connectivity index (χ3v) is 5.89. The molecule has 0 aromatic rings. The summed E-state index contributed by atoms with van der Waals surface area (Å²) in [5.41, 5.74) is 0. The van der Waals surface area contributed by atoms with Crippen LogP contribution in [0.15, 0.2) is 0 Å². The third kappa shape index (κ3) is 3.62. The molecule has 0 aromatic heterocycles. The van der Waals surface area contributed by atoms with Gasteiger partial charge in [-0.1, -0.05) is 19.8 Å². The molecule has 1 aliphatic heterocycles. The van der Waals surface area contributed by atoms with Gasteiger partial charge in [-0.2, -0.15) is 11.8 Å². The Morgan fingerprint density at radius 3 is 2.71 bits per heavy atom. The first-order valence-electron chi connectivity index (χ1n) is 7.29. The van der Waals surface area contributed by atoms with Gasteiger partial charge in [0.15, 0.2) is 0 Å². The molecule has 0 spiro atoms. The van der Waals surface area contributed by atoms with Crippen molar-refractivity contribution in [3.8, 4) is 0 Å². The topological polar surface area (TPSA) is 15.3 Å². The van der Waals surface area contributed by atoms with E-state index in [-0.39, 0.29) is 0 Å². The van der Waals surface area contributed by atoms with Gasteiger partial charge in [-0.25, -0.2) is 0 Å². The minimum Gasteiger partial charge on any atom is -0.312 e. The van der Waals surface area contributed by atoms with Crippen molar-refractivity contribution < 1.29 is 0 Å². The van der Waals surface area contributed by atoms with Gasteiger partial charge >= 0.3 is 0 Å². The van der Waals surface area contributed by atoms with E-state index in [2.05, 4.69) is 42.7 Å². The van der Waals surface area contributed by atoms with Gasteiger partial charge < -0.3 is 5.32 Å². The smallest absolute Gasteiger partial charge is 0.0196 e. The SMILES string of the molecule is CC1SCCN(C(C)CNC2CCCC2)C1C. The Bertz CT molecular complexity index is 228. The fourth-order valence-corrected chi connectivity index (χ4v) is 4.29. The first kappa shape index (κ1) is 13.7. The van der Waals surface area contributed by atoms with Crippen LogP contribution in [-0.2, 0) is 0 Å². The summed E-state index contributed by atoms with van der Waals surface area (Å²) in [5, 5.41) is 4.56. The summed E-state index contributed by atoms with van der Waals surface area (Å²) in [6, 6.07) is 2.23. The standard InChI is InChI=1S/C14H28N2S/c1-11(10-15-14-6-4-5-7-14)16-8-9-17-13(3)12(16)2/h11-15H,4-10H2,1-3H3. The number of hydrogen-bond donors (Lipinski definition) is 1. The lowest BCUT2D eigenvalue weighted by Gasteiger charge is -2.41. The fraction of sp³-hybridized carbons (Fsp3) is 1.00. The molecule has 0 aromatic carbocycles. The van der Waals surface area contributed by atoms with E-state index in [0.29, 0.717) is 6.04 Å². The van der Waals surface area contributed by atoms with E-state index >= 15 is 0 Å².